The van der Waals surface area contributed by atoms with Gasteiger partial charge in [0, 0.05) is 12.3 Å². The highest BCUT2D eigenvalue weighted by atomic mass is 16.1. The van der Waals surface area contributed by atoms with Crippen LogP contribution in [0.4, 0.5) is 0 Å². The molecular weight excluding hydrogens is 412 g/mol. The van der Waals surface area contributed by atoms with Crippen LogP contribution in [0.15, 0.2) is 23.3 Å². The Balaban J connectivity index is 0.000000618. The lowest BCUT2D eigenvalue weighted by Gasteiger charge is -2.51. The summed E-state index contributed by atoms with van der Waals surface area (Å²) in [6, 6.07) is 0. The van der Waals surface area contributed by atoms with Crippen molar-refractivity contribution in [3.63, 3.8) is 0 Å². The maximum atomic E-state index is 13.1. The van der Waals surface area contributed by atoms with Gasteiger partial charge in [-0.2, -0.15) is 0 Å². The van der Waals surface area contributed by atoms with E-state index in [9.17, 15) is 4.79 Å². The molecule has 1 heteroatoms. The third-order valence-corrected chi connectivity index (χ3v) is 10.1. The maximum Gasteiger partial charge on any atom is 0.140 e. The van der Waals surface area contributed by atoms with Gasteiger partial charge in [0.25, 0.3) is 0 Å². The molecule has 4 rings (SSSR count). The number of hydrogen-bond acceptors (Lipinski definition) is 1. The van der Waals surface area contributed by atoms with Crippen molar-refractivity contribution >= 4 is 5.78 Å². The fourth-order valence-corrected chi connectivity index (χ4v) is 7.68. The van der Waals surface area contributed by atoms with Crippen LogP contribution in [-0.2, 0) is 4.79 Å². The summed E-state index contributed by atoms with van der Waals surface area (Å²) >= 11 is 0. The van der Waals surface area contributed by atoms with Crippen molar-refractivity contribution in [2.24, 2.45) is 40.9 Å². The molecule has 2 fully saturated rings. The van der Waals surface area contributed by atoms with Gasteiger partial charge in [0.1, 0.15) is 5.78 Å². The Morgan fingerprint density at radius 1 is 1.03 bits per heavy atom. The lowest BCUT2D eigenvalue weighted by atomic mass is 9.53. The van der Waals surface area contributed by atoms with E-state index in [0.29, 0.717) is 17.6 Å². The summed E-state index contributed by atoms with van der Waals surface area (Å²) < 4.78 is 0. The highest BCUT2D eigenvalue weighted by molar-refractivity contribution is 5.87. The van der Waals surface area contributed by atoms with Gasteiger partial charge in [-0.1, -0.05) is 104 Å². The van der Waals surface area contributed by atoms with Crippen LogP contribution < -0.4 is 0 Å². The van der Waals surface area contributed by atoms with Crippen LogP contribution in [-0.4, -0.2) is 5.78 Å². The van der Waals surface area contributed by atoms with E-state index in [1.165, 1.54) is 76.2 Å². The summed E-state index contributed by atoms with van der Waals surface area (Å²) in [4.78, 5) is 13.1. The fourth-order valence-electron chi connectivity index (χ4n) is 7.68. The molecule has 4 aliphatic carbocycles. The van der Waals surface area contributed by atoms with Crippen molar-refractivity contribution in [1.29, 1.82) is 0 Å². The van der Waals surface area contributed by atoms with Gasteiger partial charge >= 0.3 is 0 Å². The molecule has 2 saturated carbocycles. The van der Waals surface area contributed by atoms with E-state index in [1.807, 2.05) is 13.8 Å². The molecule has 6 atom stereocenters. The minimum absolute atomic E-state index is 0.215. The molecular formula is C33H58O. The van der Waals surface area contributed by atoms with Gasteiger partial charge in [0.05, 0.1) is 0 Å². The van der Waals surface area contributed by atoms with E-state index >= 15 is 0 Å². The summed E-state index contributed by atoms with van der Waals surface area (Å²) in [7, 11) is 0. The van der Waals surface area contributed by atoms with E-state index in [2.05, 4.69) is 48.1 Å². The van der Waals surface area contributed by atoms with Crippen LogP contribution in [0.2, 0.25) is 0 Å². The molecule has 0 radical (unpaired) electrons. The Kier molecular flexibility index (Phi) is 11.6. The van der Waals surface area contributed by atoms with E-state index in [4.69, 9.17) is 0 Å². The van der Waals surface area contributed by atoms with Crippen LogP contribution >= 0.6 is 0 Å². The van der Waals surface area contributed by atoms with E-state index in [-0.39, 0.29) is 5.41 Å². The number of hydrogen-bond donors (Lipinski definition) is 0. The Hall–Kier alpha value is -0.850. The molecule has 0 heterocycles. The van der Waals surface area contributed by atoms with Crippen LogP contribution in [0.1, 0.15) is 139 Å². The average Bonchev–Trinajstić information content (AvgIpc) is 3.28. The van der Waals surface area contributed by atoms with Gasteiger partial charge in [-0.15, -0.1) is 0 Å². The molecule has 0 spiro atoms. The first-order valence-electron chi connectivity index (χ1n) is 15.2. The first kappa shape index (κ1) is 29.4. The number of unbranched alkanes of at least 4 members (excludes halogenated alkanes) is 1. The zero-order chi connectivity index (χ0) is 25.5. The molecule has 0 aromatic carbocycles. The van der Waals surface area contributed by atoms with Crippen LogP contribution in [0.25, 0.3) is 0 Å². The highest BCUT2D eigenvalue weighted by Crippen LogP contribution is 2.60. The lowest BCUT2D eigenvalue weighted by Crippen LogP contribution is -2.45. The fraction of sp³-hybridized carbons (Fsp3) is 0.848. The number of ketones is 1. The second-order valence-corrected chi connectivity index (χ2v) is 12.2. The van der Waals surface area contributed by atoms with Crippen molar-refractivity contribution in [1.82, 2.24) is 0 Å². The van der Waals surface area contributed by atoms with Crippen molar-refractivity contribution in [3.8, 4) is 0 Å². The van der Waals surface area contributed by atoms with E-state index in [1.54, 1.807) is 11.1 Å². The number of carbonyl (C=O) groups is 1. The van der Waals surface area contributed by atoms with Gasteiger partial charge in [-0.05, 0) is 86.4 Å². The molecule has 0 N–H and O–H groups in total. The van der Waals surface area contributed by atoms with Crippen LogP contribution in [0.3, 0.4) is 0 Å². The molecule has 0 aromatic rings. The van der Waals surface area contributed by atoms with Crippen LogP contribution in [0.5, 0.6) is 0 Å². The SMILES string of the molecule is C=C(CCC(C)C1CCC2C3=C(CCC21)C1(C)CCCCC1C(=O)C3)C(C)C.CC.CCCC. The predicted molar refractivity (Wildman–Crippen MR) is 150 cm³/mol. The largest absolute Gasteiger partial charge is 0.299 e. The van der Waals surface area contributed by atoms with Gasteiger partial charge in [-0.3, -0.25) is 4.79 Å². The zero-order valence-electron chi connectivity index (χ0n) is 24.3. The third-order valence-electron chi connectivity index (χ3n) is 10.1. The number of allylic oxidation sites excluding steroid dienone is 3. The Bertz CT molecular complexity index is 695. The quantitative estimate of drug-likeness (QED) is 0.353. The number of rotatable bonds is 6. The molecule has 6 unspecified atom stereocenters. The minimum Gasteiger partial charge on any atom is -0.299 e. The minimum atomic E-state index is 0.215. The molecule has 196 valence electrons. The zero-order valence-corrected chi connectivity index (χ0v) is 24.3. The molecule has 4 aliphatic rings. The summed E-state index contributed by atoms with van der Waals surface area (Å²) in [6.07, 6.45) is 16.4. The number of fused-ring (bicyclic) bond motifs is 4. The van der Waals surface area contributed by atoms with E-state index in [0.717, 1.165) is 36.5 Å². The lowest BCUT2D eigenvalue weighted by molar-refractivity contribution is -0.128. The van der Waals surface area contributed by atoms with Gasteiger partial charge in [0.2, 0.25) is 0 Å². The summed E-state index contributed by atoms with van der Waals surface area (Å²) in [5.41, 5.74) is 5.04. The first-order valence-corrected chi connectivity index (χ1v) is 15.2. The Morgan fingerprint density at radius 2 is 1.71 bits per heavy atom. The molecule has 0 aromatic heterocycles. The van der Waals surface area contributed by atoms with Gasteiger partial charge in [0.15, 0.2) is 0 Å². The molecule has 0 bridgehead atoms. The van der Waals surface area contributed by atoms with Gasteiger partial charge in [-0.25, -0.2) is 0 Å². The molecule has 34 heavy (non-hydrogen) atoms. The molecule has 0 amide bonds. The normalized spacial score (nSPS) is 33.0. The van der Waals surface area contributed by atoms with E-state index < -0.39 is 0 Å². The number of carbonyl (C=O) groups excluding carboxylic acids is 1. The Morgan fingerprint density at radius 3 is 2.32 bits per heavy atom. The standard InChI is InChI=1S/C27H42O.C4H10.C2H6/c1-17(2)18(3)9-10-19(4)20-11-12-22-21(20)13-14-24-23(22)16-26(28)25-8-6-7-15-27(24,25)5;1-3-4-2;1-2/h17,19-22,25H,3,6-16H2,1-2,4-5H3;3-4H2,1-2H3;1-2H3. The monoisotopic (exact) mass is 470 g/mol. The Labute approximate surface area is 213 Å². The molecule has 0 aliphatic heterocycles. The van der Waals surface area contributed by atoms with Crippen molar-refractivity contribution in [3.05, 3.63) is 23.3 Å². The predicted octanol–water partition coefficient (Wildman–Crippen LogP) is 10.3. The van der Waals surface area contributed by atoms with Crippen molar-refractivity contribution in [2.75, 3.05) is 0 Å². The van der Waals surface area contributed by atoms with Crippen LogP contribution in [0, 0.1) is 40.9 Å². The molecule has 0 saturated heterocycles. The van der Waals surface area contributed by atoms with Gasteiger partial charge < -0.3 is 0 Å². The second kappa shape index (κ2) is 13.5. The third kappa shape index (κ3) is 6.28. The number of Topliss-reactive ketones (excluding diaryl/α,β-unsaturated/α-hetero) is 1. The molecule has 1 nitrogen and oxygen atoms in total. The first-order chi connectivity index (χ1) is 16.2. The summed E-state index contributed by atoms with van der Waals surface area (Å²) in [5, 5.41) is 0. The highest BCUT2D eigenvalue weighted by Gasteiger charge is 2.52. The summed E-state index contributed by atoms with van der Waals surface area (Å²) in [6.45, 7) is 22.1. The maximum absolute atomic E-state index is 13.1. The second-order valence-electron chi connectivity index (χ2n) is 12.2. The summed E-state index contributed by atoms with van der Waals surface area (Å²) in [5.74, 6) is 4.78. The smallest absolute Gasteiger partial charge is 0.140 e. The van der Waals surface area contributed by atoms with Crippen molar-refractivity contribution in [2.45, 2.75) is 139 Å². The average molecular weight is 471 g/mol. The topological polar surface area (TPSA) is 17.1 Å². The van der Waals surface area contributed by atoms with Crippen molar-refractivity contribution < 1.29 is 4.79 Å².